The SMILES string of the molecule is CS(=O)(=O)C1=C(O)C(=O)N(c2ccc(O)cc2)[C@H]1c1ccccc1. The number of hydrogen-bond donors (Lipinski definition) is 2. The van der Waals surface area contributed by atoms with Crippen LogP contribution in [0.4, 0.5) is 5.69 Å². The molecule has 1 aliphatic heterocycles. The number of aliphatic hydroxyl groups is 1. The fourth-order valence-electron chi connectivity index (χ4n) is 2.78. The van der Waals surface area contributed by atoms with Crippen molar-refractivity contribution in [1.82, 2.24) is 0 Å². The number of phenolic OH excluding ortho intramolecular Hbond substituents is 1. The number of aliphatic hydroxyl groups excluding tert-OH is 1. The van der Waals surface area contributed by atoms with Crippen molar-refractivity contribution in [3.8, 4) is 5.75 Å². The molecule has 1 amide bonds. The largest absolute Gasteiger partial charge is 0.508 e. The number of aromatic hydroxyl groups is 1. The van der Waals surface area contributed by atoms with E-state index >= 15 is 0 Å². The van der Waals surface area contributed by atoms with E-state index in [0.29, 0.717) is 11.3 Å². The maximum absolute atomic E-state index is 12.5. The zero-order valence-electron chi connectivity index (χ0n) is 12.7. The number of rotatable bonds is 3. The van der Waals surface area contributed by atoms with Gasteiger partial charge in [-0.3, -0.25) is 9.69 Å². The van der Waals surface area contributed by atoms with E-state index in [1.54, 1.807) is 30.3 Å². The molecule has 7 heteroatoms. The summed E-state index contributed by atoms with van der Waals surface area (Å²) in [5, 5.41) is 19.6. The fraction of sp³-hybridized carbons (Fsp3) is 0.118. The zero-order valence-corrected chi connectivity index (χ0v) is 13.6. The van der Waals surface area contributed by atoms with E-state index in [2.05, 4.69) is 0 Å². The van der Waals surface area contributed by atoms with Gasteiger partial charge in [-0.25, -0.2) is 8.42 Å². The lowest BCUT2D eigenvalue weighted by molar-refractivity contribution is -0.117. The van der Waals surface area contributed by atoms with Crippen LogP contribution in [0, 0.1) is 0 Å². The second-order valence-corrected chi connectivity index (χ2v) is 7.47. The second kappa shape index (κ2) is 5.68. The normalized spacial score (nSPS) is 18.3. The molecule has 1 aliphatic rings. The monoisotopic (exact) mass is 345 g/mol. The lowest BCUT2D eigenvalue weighted by Gasteiger charge is -2.26. The molecule has 0 aliphatic carbocycles. The highest BCUT2D eigenvalue weighted by Crippen LogP contribution is 2.42. The van der Waals surface area contributed by atoms with Crippen LogP contribution < -0.4 is 4.90 Å². The van der Waals surface area contributed by atoms with Crippen LogP contribution in [0.15, 0.2) is 65.3 Å². The first-order chi connectivity index (χ1) is 11.3. The minimum Gasteiger partial charge on any atom is -0.508 e. The van der Waals surface area contributed by atoms with Gasteiger partial charge < -0.3 is 10.2 Å². The molecule has 2 aromatic carbocycles. The Balaban J connectivity index is 2.22. The Bertz CT molecular complexity index is 917. The number of sulfone groups is 1. The van der Waals surface area contributed by atoms with Crippen LogP contribution in [0.25, 0.3) is 0 Å². The molecule has 0 fully saturated rings. The minimum absolute atomic E-state index is 0.0159. The molecule has 0 aromatic heterocycles. The van der Waals surface area contributed by atoms with Gasteiger partial charge in [0.1, 0.15) is 16.7 Å². The maximum atomic E-state index is 12.5. The smallest absolute Gasteiger partial charge is 0.295 e. The van der Waals surface area contributed by atoms with E-state index in [0.717, 1.165) is 6.26 Å². The minimum atomic E-state index is -3.81. The number of anilines is 1. The van der Waals surface area contributed by atoms with Crippen LogP contribution >= 0.6 is 0 Å². The Kier molecular flexibility index (Phi) is 3.81. The molecule has 6 nitrogen and oxygen atoms in total. The number of benzene rings is 2. The summed E-state index contributed by atoms with van der Waals surface area (Å²) < 4.78 is 24.3. The highest BCUT2D eigenvalue weighted by atomic mass is 32.2. The van der Waals surface area contributed by atoms with E-state index in [-0.39, 0.29) is 10.7 Å². The fourth-order valence-corrected chi connectivity index (χ4v) is 3.86. The Hall–Kier alpha value is -2.80. The van der Waals surface area contributed by atoms with Crippen molar-refractivity contribution in [3.05, 3.63) is 70.8 Å². The van der Waals surface area contributed by atoms with Gasteiger partial charge in [-0.2, -0.15) is 0 Å². The quantitative estimate of drug-likeness (QED) is 0.890. The van der Waals surface area contributed by atoms with Crippen LogP contribution in [0.1, 0.15) is 11.6 Å². The summed E-state index contributed by atoms with van der Waals surface area (Å²) in [7, 11) is -3.81. The molecule has 124 valence electrons. The predicted molar refractivity (Wildman–Crippen MR) is 89.3 cm³/mol. The van der Waals surface area contributed by atoms with Gasteiger partial charge in [-0.1, -0.05) is 30.3 Å². The molecule has 0 saturated heterocycles. The van der Waals surface area contributed by atoms with Gasteiger partial charge in [0.2, 0.25) is 0 Å². The van der Waals surface area contributed by atoms with Crippen LogP contribution in [-0.4, -0.2) is 30.8 Å². The van der Waals surface area contributed by atoms with Gasteiger partial charge in [-0.05, 0) is 29.8 Å². The third-order valence-electron chi connectivity index (χ3n) is 3.80. The average molecular weight is 345 g/mol. The lowest BCUT2D eigenvalue weighted by atomic mass is 10.1. The standard InChI is InChI=1S/C17H15NO5S/c1-24(22,23)16-14(11-5-3-2-4-6-11)18(17(21)15(16)20)12-7-9-13(19)10-8-12/h2-10,14,19-20H,1H3/t14-/m0/s1. The molecule has 2 N–H and O–H groups in total. The number of phenols is 1. The van der Waals surface area contributed by atoms with Gasteiger partial charge in [0.25, 0.3) is 5.91 Å². The van der Waals surface area contributed by atoms with Gasteiger partial charge in [-0.15, -0.1) is 0 Å². The zero-order chi connectivity index (χ0) is 17.5. The van der Waals surface area contributed by atoms with Gasteiger partial charge in [0.15, 0.2) is 15.6 Å². The third kappa shape index (κ3) is 2.63. The first-order valence-corrected chi connectivity index (χ1v) is 9.00. The number of carbonyl (C=O) groups is 1. The van der Waals surface area contributed by atoms with E-state index in [1.165, 1.54) is 29.2 Å². The topological polar surface area (TPSA) is 94.9 Å². The van der Waals surface area contributed by atoms with Crippen molar-refractivity contribution in [1.29, 1.82) is 0 Å². The predicted octanol–water partition coefficient (Wildman–Crippen LogP) is 2.29. The molecule has 0 bridgehead atoms. The third-order valence-corrected chi connectivity index (χ3v) is 5.02. The van der Waals surface area contributed by atoms with E-state index < -0.39 is 27.5 Å². The highest BCUT2D eigenvalue weighted by Gasteiger charge is 2.45. The Morgan fingerprint density at radius 3 is 2.08 bits per heavy atom. The summed E-state index contributed by atoms with van der Waals surface area (Å²) in [5.41, 5.74) is 0.931. The molecular weight excluding hydrogens is 330 g/mol. The van der Waals surface area contributed by atoms with Crippen molar-refractivity contribution in [3.63, 3.8) is 0 Å². The molecule has 1 atom stereocenters. The van der Waals surface area contributed by atoms with Gasteiger partial charge >= 0.3 is 0 Å². The summed E-state index contributed by atoms with van der Waals surface area (Å²) >= 11 is 0. The van der Waals surface area contributed by atoms with Gasteiger partial charge in [0.05, 0.1) is 0 Å². The van der Waals surface area contributed by atoms with Crippen molar-refractivity contribution >= 4 is 21.4 Å². The van der Waals surface area contributed by atoms with Crippen molar-refractivity contribution in [2.24, 2.45) is 0 Å². The molecular formula is C17H15NO5S. The van der Waals surface area contributed by atoms with Crippen molar-refractivity contribution in [2.75, 3.05) is 11.2 Å². The molecule has 0 saturated carbocycles. The van der Waals surface area contributed by atoms with E-state index in [1.807, 2.05) is 0 Å². The van der Waals surface area contributed by atoms with Crippen molar-refractivity contribution < 1.29 is 23.4 Å². The first kappa shape index (κ1) is 16.1. The summed E-state index contributed by atoms with van der Waals surface area (Å²) in [6.45, 7) is 0. The van der Waals surface area contributed by atoms with Crippen LogP contribution in [0.3, 0.4) is 0 Å². The first-order valence-electron chi connectivity index (χ1n) is 7.11. The molecule has 1 heterocycles. The van der Waals surface area contributed by atoms with E-state index in [9.17, 15) is 23.4 Å². The Labute approximate surface area is 139 Å². The molecule has 0 radical (unpaired) electrons. The Morgan fingerprint density at radius 2 is 1.54 bits per heavy atom. The number of amides is 1. The average Bonchev–Trinajstić information content (AvgIpc) is 2.81. The van der Waals surface area contributed by atoms with E-state index in [4.69, 9.17) is 0 Å². The summed E-state index contributed by atoms with van der Waals surface area (Å²) in [6, 6.07) is 13.4. The maximum Gasteiger partial charge on any atom is 0.295 e. The molecule has 3 rings (SSSR count). The second-order valence-electron chi connectivity index (χ2n) is 5.49. The Morgan fingerprint density at radius 1 is 0.958 bits per heavy atom. The number of carbonyl (C=O) groups excluding carboxylic acids is 1. The molecule has 24 heavy (non-hydrogen) atoms. The van der Waals surface area contributed by atoms with Crippen LogP contribution in [0.5, 0.6) is 5.75 Å². The van der Waals surface area contributed by atoms with Crippen LogP contribution in [0.2, 0.25) is 0 Å². The van der Waals surface area contributed by atoms with Gasteiger partial charge in [0, 0.05) is 11.9 Å². The molecule has 0 spiro atoms. The molecule has 0 unspecified atom stereocenters. The number of hydrogen-bond acceptors (Lipinski definition) is 5. The number of nitrogens with zero attached hydrogens (tertiary/aromatic N) is 1. The van der Waals surface area contributed by atoms with Crippen molar-refractivity contribution in [2.45, 2.75) is 6.04 Å². The summed E-state index contributed by atoms with van der Waals surface area (Å²) in [4.78, 5) is 13.4. The lowest BCUT2D eigenvalue weighted by Crippen LogP contribution is -2.30. The molecule has 2 aromatic rings. The van der Waals surface area contributed by atoms with Crippen LogP contribution in [-0.2, 0) is 14.6 Å². The highest BCUT2D eigenvalue weighted by molar-refractivity contribution is 7.94. The summed E-state index contributed by atoms with van der Waals surface area (Å²) in [6.07, 6.45) is 0.960. The summed E-state index contributed by atoms with van der Waals surface area (Å²) in [5.74, 6) is -1.56.